The average Bonchev–Trinajstić information content (AvgIpc) is 3.09. The summed E-state index contributed by atoms with van der Waals surface area (Å²) in [7, 11) is -2.75. The number of nitrogens with zero attached hydrogens (tertiary/aromatic N) is 1. The zero-order chi connectivity index (χ0) is 29.8. The lowest BCUT2D eigenvalue weighted by Crippen LogP contribution is -2.25. The molecule has 6 heteroatoms. The Balaban J connectivity index is 1.55. The van der Waals surface area contributed by atoms with Gasteiger partial charge in [0.05, 0.1) is 7.05 Å². The fourth-order valence-corrected chi connectivity index (χ4v) is 13.4. The Bertz CT molecular complexity index is 1970. The summed E-state index contributed by atoms with van der Waals surface area (Å²) in [5, 5.41) is 7.28. The van der Waals surface area contributed by atoms with E-state index in [0.29, 0.717) is 11.5 Å². The molecule has 0 aliphatic heterocycles. The lowest BCUT2D eigenvalue weighted by molar-refractivity contribution is 0.495. The molecule has 0 heterocycles. The molecule has 0 aliphatic rings. The molecule has 0 unspecified atom stereocenters. The Morgan fingerprint density at radius 1 is 0.386 bits per heavy atom. The van der Waals surface area contributed by atoms with Crippen LogP contribution in [0.15, 0.2) is 180 Å². The van der Waals surface area contributed by atoms with Gasteiger partial charge in [-0.15, -0.1) is 0 Å². The number of benzene rings is 7. The van der Waals surface area contributed by atoms with E-state index >= 15 is 0 Å². The van der Waals surface area contributed by atoms with Crippen molar-refractivity contribution < 1.29 is 9.05 Å². The summed E-state index contributed by atoms with van der Waals surface area (Å²) in [5.74, 6) is 1.31. The normalized spacial score (nSPS) is 11.7. The van der Waals surface area contributed by atoms with E-state index in [2.05, 4.69) is 109 Å². The first kappa shape index (κ1) is 28.3. The fourth-order valence-electron chi connectivity index (χ4n) is 5.55. The van der Waals surface area contributed by atoms with Crippen molar-refractivity contribution in [3.05, 3.63) is 176 Å². The Hall–Kier alpha value is -4.46. The van der Waals surface area contributed by atoms with E-state index < -0.39 is 13.7 Å². The molecule has 214 valence electrons. The standard InChI is InChI=1S/C38H29NO2P2S/c44-43(40-37-28-14-18-30-16-10-12-26-35(30)37,41-38-29-15-19-31-17-11-13-27-36(31)38)39-42(32-20-4-1-5-21-32,33-22-6-2-7-23-33)34-24-8-3-9-25-34/h1-29H. The third-order valence-electron chi connectivity index (χ3n) is 7.56. The van der Waals surface area contributed by atoms with Gasteiger partial charge in [-0.3, -0.25) is 0 Å². The van der Waals surface area contributed by atoms with E-state index in [1.165, 1.54) is 0 Å². The van der Waals surface area contributed by atoms with Crippen molar-refractivity contribution in [1.29, 1.82) is 0 Å². The molecule has 7 rings (SSSR count). The minimum Gasteiger partial charge on any atom is -0.419 e. The molecule has 0 aromatic heterocycles. The van der Waals surface area contributed by atoms with Crippen LogP contribution in [0.25, 0.3) is 21.5 Å². The molecule has 0 bridgehead atoms. The maximum absolute atomic E-state index is 6.95. The van der Waals surface area contributed by atoms with E-state index in [4.69, 9.17) is 25.4 Å². The van der Waals surface area contributed by atoms with Crippen molar-refractivity contribution in [2.45, 2.75) is 0 Å². The van der Waals surface area contributed by atoms with Crippen molar-refractivity contribution in [3.8, 4) is 11.5 Å². The molecule has 7 aromatic rings. The van der Waals surface area contributed by atoms with Gasteiger partial charge in [0, 0.05) is 38.5 Å². The molecule has 0 saturated heterocycles. The first-order chi connectivity index (χ1) is 21.6. The van der Waals surface area contributed by atoms with E-state index in [-0.39, 0.29) is 0 Å². The van der Waals surface area contributed by atoms with Crippen LogP contribution < -0.4 is 25.0 Å². The average molecular weight is 626 g/mol. The molecule has 3 nitrogen and oxygen atoms in total. The molecule has 7 aromatic carbocycles. The molecular weight excluding hydrogens is 596 g/mol. The van der Waals surface area contributed by atoms with Gasteiger partial charge in [-0.25, -0.2) is 0 Å². The molecular formula is C38H29NO2P2S. The van der Waals surface area contributed by atoms with Gasteiger partial charge in [-0.1, -0.05) is 164 Å². The van der Waals surface area contributed by atoms with Crippen LogP contribution in [0.4, 0.5) is 0 Å². The molecule has 0 saturated carbocycles. The fraction of sp³-hybridized carbons (Fsp3) is 0. The van der Waals surface area contributed by atoms with E-state index in [9.17, 15) is 0 Å². The maximum atomic E-state index is 6.95. The highest BCUT2D eigenvalue weighted by Gasteiger charge is 2.34. The van der Waals surface area contributed by atoms with E-state index in [0.717, 1.165) is 37.5 Å². The second-order valence-electron chi connectivity index (χ2n) is 10.3. The van der Waals surface area contributed by atoms with Gasteiger partial charge < -0.3 is 9.05 Å². The highest BCUT2D eigenvalue weighted by Crippen LogP contribution is 2.62. The van der Waals surface area contributed by atoms with Crippen LogP contribution in [0.5, 0.6) is 11.5 Å². The minimum atomic E-state index is -3.48. The lowest BCUT2D eigenvalue weighted by Gasteiger charge is -2.30. The van der Waals surface area contributed by atoms with Gasteiger partial charge in [0.25, 0.3) is 0 Å². The maximum Gasteiger partial charge on any atom is 0.413 e. The second-order valence-corrected chi connectivity index (χ2v) is 16.6. The van der Waals surface area contributed by atoms with Crippen LogP contribution in [0.1, 0.15) is 0 Å². The highest BCUT2D eigenvalue weighted by atomic mass is 32.5. The summed E-state index contributed by atoms with van der Waals surface area (Å²) in [4.78, 5) is 0. The Morgan fingerprint density at radius 2 is 0.727 bits per heavy atom. The number of hydrogen-bond acceptors (Lipinski definition) is 3. The first-order valence-electron chi connectivity index (χ1n) is 14.4. The number of fused-ring (bicyclic) bond motifs is 2. The van der Waals surface area contributed by atoms with Crippen molar-refractivity contribution >= 4 is 63.0 Å². The van der Waals surface area contributed by atoms with Crippen LogP contribution >= 0.6 is 13.7 Å². The van der Waals surface area contributed by atoms with Crippen molar-refractivity contribution in [3.63, 3.8) is 0 Å². The number of hydrogen-bond donors (Lipinski definition) is 0. The summed E-state index contributed by atoms with van der Waals surface area (Å²) < 4.78 is 19.7. The summed E-state index contributed by atoms with van der Waals surface area (Å²) >= 11 is 6.57. The first-order valence-corrected chi connectivity index (χ1v) is 18.7. The molecule has 0 atom stereocenters. The SMILES string of the molecule is S=P(N=P(c1ccccc1)(c1ccccc1)c1ccccc1)(Oc1cccc2ccccc12)Oc1cccc2ccccc12. The van der Waals surface area contributed by atoms with E-state index in [1.54, 1.807) is 0 Å². The van der Waals surface area contributed by atoms with Crippen molar-refractivity contribution in [2.24, 2.45) is 4.52 Å². The predicted octanol–water partition coefficient (Wildman–Crippen LogP) is 9.85. The van der Waals surface area contributed by atoms with E-state index in [1.807, 2.05) is 66.7 Å². The van der Waals surface area contributed by atoms with Gasteiger partial charge in [0.2, 0.25) is 0 Å². The van der Waals surface area contributed by atoms with Crippen molar-refractivity contribution in [2.75, 3.05) is 0 Å². The monoisotopic (exact) mass is 625 g/mol. The third kappa shape index (κ3) is 5.49. The van der Waals surface area contributed by atoms with Gasteiger partial charge in [0.1, 0.15) is 11.5 Å². The quantitative estimate of drug-likeness (QED) is 0.158. The Morgan fingerprint density at radius 3 is 1.14 bits per heavy atom. The molecule has 44 heavy (non-hydrogen) atoms. The van der Waals surface area contributed by atoms with Gasteiger partial charge in [-0.05, 0) is 22.9 Å². The van der Waals surface area contributed by atoms with Crippen LogP contribution in [0.3, 0.4) is 0 Å². The van der Waals surface area contributed by atoms with Crippen LogP contribution in [-0.2, 0) is 11.8 Å². The summed E-state index contributed by atoms with van der Waals surface area (Å²) in [6.07, 6.45) is 0. The minimum absolute atomic E-state index is 0.655. The summed E-state index contributed by atoms with van der Waals surface area (Å²) in [6.45, 7) is -3.48. The Labute approximate surface area is 263 Å². The smallest absolute Gasteiger partial charge is 0.413 e. The molecule has 0 N–H and O–H groups in total. The van der Waals surface area contributed by atoms with Crippen LogP contribution in [0, 0.1) is 0 Å². The topological polar surface area (TPSA) is 30.8 Å². The van der Waals surface area contributed by atoms with Crippen LogP contribution in [0.2, 0.25) is 0 Å². The van der Waals surface area contributed by atoms with Crippen LogP contribution in [-0.4, -0.2) is 0 Å². The van der Waals surface area contributed by atoms with Crippen molar-refractivity contribution in [1.82, 2.24) is 0 Å². The largest absolute Gasteiger partial charge is 0.419 e. The summed E-state index contributed by atoms with van der Waals surface area (Å²) in [6, 6.07) is 59.7. The molecule has 0 fully saturated rings. The Kier molecular flexibility index (Phi) is 7.90. The predicted molar refractivity (Wildman–Crippen MR) is 191 cm³/mol. The van der Waals surface area contributed by atoms with Gasteiger partial charge in [-0.2, -0.15) is 4.52 Å². The molecule has 0 amide bonds. The van der Waals surface area contributed by atoms with Gasteiger partial charge >= 0.3 is 6.64 Å². The summed E-state index contributed by atoms with van der Waals surface area (Å²) in [5.41, 5.74) is 0. The van der Waals surface area contributed by atoms with Gasteiger partial charge in [0.15, 0.2) is 0 Å². The molecule has 0 spiro atoms. The molecule has 0 aliphatic carbocycles. The second kappa shape index (κ2) is 12.3. The number of rotatable bonds is 8. The third-order valence-corrected chi connectivity index (χ3v) is 14.6. The zero-order valence-electron chi connectivity index (χ0n) is 23.8. The zero-order valence-corrected chi connectivity index (χ0v) is 26.4. The lowest BCUT2D eigenvalue weighted by atomic mass is 10.1. The molecule has 0 radical (unpaired) electrons. The highest BCUT2D eigenvalue weighted by molar-refractivity contribution is 8.12.